The number of nitrogens with one attached hydrogen (secondary N) is 1. The predicted molar refractivity (Wildman–Crippen MR) is 95.0 cm³/mol. The Morgan fingerprint density at radius 2 is 2.04 bits per heavy atom. The van der Waals surface area contributed by atoms with Gasteiger partial charge in [0, 0.05) is 17.0 Å². The van der Waals surface area contributed by atoms with Gasteiger partial charge in [-0.15, -0.1) is 0 Å². The molecule has 0 bridgehead atoms. The average molecular weight is 352 g/mol. The number of nitrogens with zero attached hydrogens (tertiary/aromatic N) is 1. The lowest BCUT2D eigenvalue weighted by Crippen LogP contribution is -2.16. The van der Waals surface area contributed by atoms with Crippen LogP contribution in [-0.2, 0) is 0 Å². The fraction of sp³-hybridized carbons (Fsp3) is 0.158. The van der Waals surface area contributed by atoms with Crippen LogP contribution in [0.15, 0.2) is 52.0 Å². The van der Waals surface area contributed by atoms with E-state index in [2.05, 4.69) is 10.5 Å². The first-order chi connectivity index (χ1) is 12.7. The second-order valence-corrected chi connectivity index (χ2v) is 5.52. The van der Waals surface area contributed by atoms with Crippen molar-refractivity contribution in [2.75, 3.05) is 13.4 Å². The van der Waals surface area contributed by atoms with Crippen LogP contribution in [0.5, 0.6) is 17.2 Å². The fourth-order valence-electron chi connectivity index (χ4n) is 2.63. The highest BCUT2D eigenvalue weighted by Gasteiger charge is 2.17. The first-order valence-corrected chi connectivity index (χ1v) is 8.13. The molecule has 0 saturated heterocycles. The Labute approximate surface area is 149 Å². The Balaban J connectivity index is 1.52. The zero-order valence-corrected chi connectivity index (χ0v) is 14.0. The topological polar surface area (TPSA) is 82.3 Å². The summed E-state index contributed by atoms with van der Waals surface area (Å²) in [6.07, 6.45) is 1.49. The SMILES string of the molecule is CCOc1cc2c(cc1/C=N\NC(=O)c1cc3ccccc3o1)OCO2. The third-order valence-electron chi connectivity index (χ3n) is 3.82. The second kappa shape index (κ2) is 6.79. The number of carbonyl (C=O) groups is 1. The van der Waals surface area contributed by atoms with Crippen molar-refractivity contribution < 1.29 is 23.4 Å². The molecule has 2 heterocycles. The summed E-state index contributed by atoms with van der Waals surface area (Å²) in [6.45, 7) is 2.55. The molecule has 0 radical (unpaired) electrons. The highest BCUT2D eigenvalue weighted by atomic mass is 16.7. The van der Waals surface area contributed by atoms with Crippen molar-refractivity contribution in [3.05, 3.63) is 53.8 Å². The Morgan fingerprint density at radius 1 is 1.23 bits per heavy atom. The first kappa shape index (κ1) is 16.0. The smallest absolute Gasteiger partial charge is 0.307 e. The molecule has 26 heavy (non-hydrogen) atoms. The van der Waals surface area contributed by atoms with Gasteiger partial charge in [-0.05, 0) is 25.1 Å². The van der Waals surface area contributed by atoms with Gasteiger partial charge in [-0.1, -0.05) is 18.2 Å². The van der Waals surface area contributed by atoms with Gasteiger partial charge in [0.25, 0.3) is 0 Å². The molecule has 0 unspecified atom stereocenters. The van der Waals surface area contributed by atoms with Gasteiger partial charge in [0.05, 0.1) is 12.8 Å². The van der Waals surface area contributed by atoms with Gasteiger partial charge in [0.1, 0.15) is 11.3 Å². The van der Waals surface area contributed by atoms with Crippen molar-refractivity contribution in [1.29, 1.82) is 0 Å². The minimum atomic E-state index is -0.434. The van der Waals surface area contributed by atoms with Crippen LogP contribution in [0.3, 0.4) is 0 Å². The average Bonchev–Trinajstić information content (AvgIpc) is 3.27. The van der Waals surface area contributed by atoms with Gasteiger partial charge < -0.3 is 18.6 Å². The number of hydrogen-bond acceptors (Lipinski definition) is 6. The lowest BCUT2D eigenvalue weighted by molar-refractivity contribution is 0.0929. The predicted octanol–water partition coefficient (Wildman–Crippen LogP) is 3.32. The number of benzene rings is 2. The number of amides is 1. The van der Waals surface area contributed by atoms with Crippen molar-refractivity contribution in [1.82, 2.24) is 5.43 Å². The second-order valence-electron chi connectivity index (χ2n) is 5.52. The molecular weight excluding hydrogens is 336 g/mol. The van der Waals surface area contributed by atoms with E-state index in [1.807, 2.05) is 25.1 Å². The summed E-state index contributed by atoms with van der Waals surface area (Å²) in [7, 11) is 0. The Bertz CT molecular complexity index is 960. The summed E-state index contributed by atoms with van der Waals surface area (Å²) in [5.74, 6) is 1.59. The molecule has 0 spiro atoms. The van der Waals surface area contributed by atoms with Crippen LogP contribution >= 0.6 is 0 Å². The Kier molecular flexibility index (Phi) is 4.18. The molecule has 2 aromatic carbocycles. The molecule has 3 aromatic rings. The lowest BCUT2D eigenvalue weighted by atomic mass is 10.2. The van der Waals surface area contributed by atoms with Crippen molar-refractivity contribution in [2.24, 2.45) is 5.10 Å². The molecule has 1 aliphatic heterocycles. The quantitative estimate of drug-likeness (QED) is 0.563. The van der Waals surface area contributed by atoms with Gasteiger partial charge in [-0.25, -0.2) is 5.43 Å². The van der Waals surface area contributed by atoms with Crippen LogP contribution < -0.4 is 19.6 Å². The maximum Gasteiger partial charge on any atom is 0.307 e. The molecule has 1 N–H and O–H groups in total. The van der Waals surface area contributed by atoms with E-state index >= 15 is 0 Å². The van der Waals surface area contributed by atoms with Crippen molar-refractivity contribution in [2.45, 2.75) is 6.92 Å². The minimum Gasteiger partial charge on any atom is -0.493 e. The number of carbonyl (C=O) groups excluding carboxylic acids is 1. The number of fused-ring (bicyclic) bond motifs is 2. The summed E-state index contributed by atoms with van der Waals surface area (Å²) >= 11 is 0. The molecule has 0 fully saturated rings. The normalized spacial score (nSPS) is 12.7. The number of hydrazone groups is 1. The molecule has 0 aliphatic carbocycles. The third kappa shape index (κ3) is 3.06. The van der Waals surface area contributed by atoms with E-state index in [1.165, 1.54) is 6.21 Å². The van der Waals surface area contributed by atoms with E-state index in [0.29, 0.717) is 35.0 Å². The highest BCUT2D eigenvalue weighted by molar-refractivity contribution is 5.96. The van der Waals surface area contributed by atoms with E-state index in [0.717, 1.165) is 5.39 Å². The third-order valence-corrected chi connectivity index (χ3v) is 3.82. The minimum absolute atomic E-state index is 0.171. The molecular formula is C19H16N2O5. The largest absolute Gasteiger partial charge is 0.493 e. The van der Waals surface area contributed by atoms with E-state index < -0.39 is 5.91 Å². The van der Waals surface area contributed by atoms with Gasteiger partial charge in [-0.2, -0.15) is 5.10 Å². The zero-order valence-electron chi connectivity index (χ0n) is 14.0. The lowest BCUT2D eigenvalue weighted by Gasteiger charge is -2.08. The summed E-state index contributed by atoms with van der Waals surface area (Å²) in [6, 6.07) is 12.6. The zero-order chi connectivity index (χ0) is 17.9. The van der Waals surface area contributed by atoms with E-state index in [9.17, 15) is 4.79 Å². The van der Waals surface area contributed by atoms with Crippen LogP contribution in [0, 0.1) is 0 Å². The van der Waals surface area contributed by atoms with Crippen LogP contribution in [-0.4, -0.2) is 25.5 Å². The summed E-state index contributed by atoms with van der Waals surface area (Å²) in [5, 5.41) is 4.85. The van der Waals surface area contributed by atoms with Crippen LogP contribution in [0.4, 0.5) is 0 Å². The van der Waals surface area contributed by atoms with Crippen molar-refractivity contribution >= 4 is 23.1 Å². The van der Waals surface area contributed by atoms with Gasteiger partial charge >= 0.3 is 5.91 Å². The molecule has 132 valence electrons. The maximum absolute atomic E-state index is 12.2. The molecule has 0 saturated carbocycles. The molecule has 7 nitrogen and oxygen atoms in total. The maximum atomic E-state index is 12.2. The van der Waals surface area contributed by atoms with Gasteiger partial charge in [0.2, 0.25) is 6.79 Å². The van der Waals surface area contributed by atoms with Crippen molar-refractivity contribution in [3.63, 3.8) is 0 Å². The molecule has 1 aliphatic rings. The standard InChI is InChI=1S/C19H16N2O5/c1-2-23-15-9-17-16(24-11-25-17)8-13(15)10-20-21-19(22)18-7-12-5-3-4-6-14(12)26-18/h3-10H,2,11H2,1H3,(H,21,22)/b20-10-. The molecule has 4 rings (SSSR count). The van der Waals surface area contributed by atoms with Crippen molar-refractivity contribution in [3.8, 4) is 17.2 Å². The van der Waals surface area contributed by atoms with Crippen LogP contribution in [0.2, 0.25) is 0 Å². The molecule has 7 heteroatoms. The van der Waals surface area contributed by atoms with Gasteiger partial charge in [-0.3, -0.25) is 4.79 Å². The van der Waals surface area contributed by atoms with Crippen LogP contribution in [0.25, 0.3) is 11.0 Å². The number of ether oxygens (including phenoxy) is 3. The number of para-hydroxylation sites is 1. The highest BCUT2D eigenvalue weighted by Crippen LogP contribution is 2.37. The molecule has 1 aromatic heterocycles. The van der Waals surface area contributed by atoms with Gasteiger partial charge in [0.15, 0.2) is 17.3 Å². The van der Waals surface area contributed by atoms with E-state index in [4.69, 9.17) is 18.6 Å². The number of rotatable bonds is 5. The number of hydrogen-bond donors (Lipinski definition) is 1. The molecule has 0 atom stereocenters. The summed E-state index contributed by atoms with van der Waals surface area (Å²) in [4.78, 5) is 12.2. The summed E-state index contributed by atoms with van der Waals surface area (Å²) < 4.78 is 21.8. The Morgan fingerprint density at radius 3 is 2.85 bits per heavy atom. The first-order valence-electron chi connectivity index (χ1n) is 8.13. The van der Waals surface area contributed by atoms with E-state index in [1.54, 1.807) is 24.3 Å². The number of furan rings is 1. The van der Waals surface area contributed by atoms with Crippen LogP contribution in [0.1, 0.15) is 23.0 Å². The monoisotopic (exact) mass is 352 g/mol. The Hall–Kier alpha value is -3.48. The summed E-state index contributed by atoms with van der Waals surface area (Å²) in [5.41, 5.74) is 3.77. The van der Waals surface area contributed by atoms with E-state index in [-0.39, 0.29) is 12.6 Å². The molecule has 1 amide bonds. The fourth-order valence-corrected chi connectivity index (χ4v) is 2.63.